The zero-order chi connectivity index (χ0) is 13.5. The summed E-state index contributed by atoms with van der Waals surface area (Å²) in [4.78, 5) is 0. The van der Waals surface area contributed by atoms with Crippen molar-refractivity contribution in [2.75, 3.05) is 7.11 Å². The second-order valence-electron chi connectivity index (χ2n) is 5.13. The van der Waals surface area contributed by atoms with Crippen LogP contribution in [0.5, 0.6) is 5.75 Å². The Morgan fingerprint density at radius 1 is 1.26 bits per heavy atom. The summed E-state index contributed by atoms with van der Waals surface area (Å²) < 4.78 is 5.44. The van der Waals surface area contributed by atoms with Crippen LogP contribution in [0.3, 0.4) is 0 Å². The molecule has 2 atom stereocenters. The van der Waals surface area contributed by atoms with Gasteiger partial charge >= 0.3 is 0 Å². The number of benzene rings is 1. The number of ether oxygens (including phenoxy) is 1. The van der Waals surface area contributed by atoms with Crippen molar-refractivity contribution in [1.82, 2.24) is 0 Å². The minimum atomic E-state index is 0. The fourth-order valence-electron chi connectivity index (χ4n) is 2.26. The second-order valence-corrected chi connectivity index (χ2v) is 5.13. The Morgan fingerprint density at radius 3 is 2.47 bits per heavy atom. The lowest BCUT2D eigenvalue weighted by Gasteiger charge is -2.17. The predicted octanol–water partition coefficient (Wildman–Crippen LogP) is 4.30. The first-order valence-electron chi connectivity index (χ1n) is 7.04. The van der Waals surface area contributed by atoms with Crippen LogP contribution in [-0.2, 0) is 6.42 Å². The number of hydrogen-bond donors (Lipinski definition) is 1. The van der Waals surface area contributed by atoms with Crippen LogP contribution in [0.25, 0.3) is 0 Å². The van der Waals surface area contributed by atoms with Gasteiger partial charge in [0.25, 0.3) is 0 Å². The largest absolute Gasteiger partial charge is 0.496 e. The molecule has 0 radical (unpaired) electrons. The average molecular weight is 286 g/mol. The minimum absolute atomic E-state index is 0. The van der Waals surface area contributed by atoms with E-state index in [2.05, 4.69) is 39.0 Å². The van der Waals surface area contributed by atoms with E-state index < -0.39 is 0 Å². The van der Waals surface area contributed by atoms with Crippen molar-refractivity contribution in [3.8, 4) is 5.75 Å². The third-order valence-corrected chi connectivity index (χ3v) is 3.63. The lowest BCUT2D eigenvalue weighted by molar-refractivity contribution is 0.406. The predicted molar refractivity (Wildman–Crippen MR) is 85.5 cm³/mol. The highest BCUT2D eigenvalue weighted by atomic mass is 35.5. The third-order valence-electron chi connectivity index (χ3n) is 3.63. The van der Waals surface area contributed by atoms with Gasteiger partial charge < -0.3 is 10.5 Å². The van der Waals surface area contributed by atoms with Gasteiger partial charge in [-0.3, -0.25) is 0 Å². The van der Waals surface area contributed by atoms with Crippen LogP contribution in [0, 0.1) is 0 Å². The van der Waals surface area contributed by atoms with Crippen LogP contribution < -0.4 is 10.5 Å². The SMILES string of the molecule is CCCC(N)Cc1cc(C(C)CC)ccc1OC.Cl. The zero-order valence-corrected chi connectivity index (χ0v) is 13.4. The van der Waals surface area contributed by atoms with Crippen LogP contribution in [0.1, 0.15) is 57.1 Å². The molecule has 1 aromatic carbocycles. The van der Waals surface area contributed by atoms with Gasteiger partial charge in [0, 0.05) is 6.04 Å². The van der Waals surface area contributed by atoms with Gasteiger partial charge in [-0.25, -0.2) is 0 Å². The molecule has 0 bridgehead atoms. The average Bonchev–Trinajstić information content (AvgIpc) is 2.38. The van der Waals surface area contributed by atoms with Gasteiger partial charge in [0.1, 0.15) is 5.75 Å². The van der Waals surface area contributed by atoms with Crippen LogP contribution in [0.4, 0.5) is 0 Å². The summed E-state index contributed by atoms with van der Waals surface area (Å²) in [5.74, 6) is 1.56. The van der Waals surface area contributed by atoms with Gasteiger partial charge in [-0.05, 0) is 42.4 Å². The van der Waals surface area contributed by atoms with Crippen molar-refractivity contribution in [3.63, 3.8) is 0 Å². The van der Waals surface area contributed by atoms with Gasteiger partial charge in [0.05, 0.1) is 7.11 Å². The van der Waals surface area contributed by atoms with Crippen LogP contribution in [-0.4, -0.2) is 13.2 Å². The summed E-state index contributed by atoms with van der Waals surface area (Å²) in [6, 6.07) is 6.75. The summed E-state index contributed by atoms with van der Waals surface area (Å²) in [6.45, 7) is 6.65. The quantitative estimate of drug-likeness (QED) is 0.811. The van der Waals surface area contributed by atoms with E-state index in [0.717, 1.165) is 31.4 Å². The molecule has 2 nitrogen and oxygen atoms in total. The Kier molecular flexibility index (Phi) is 8.86. The van der Waals surface area contributed by atoms with Crippen molar-refractivity contribution in [2.45, 2.75) is 58.4 Å². The van der Waals surface area contributed by atoms with Crippen molar-refractivity contribution >= 4 is 12.4 Å². The molecular formula is C16H28ClNO. The van der Waals surface area contributed by atoms with E-state index in [4.69, 9.17) is 10.5 Å². The molecule has 0 aliphatic carbocycles. The van der Waals surface area contributed by atoms with Crippen LogP contribution in [0.2, 0.25) is 0 Å². The fraction of sp³-hybridized carbons (Fsp3) is 0.625. The van der Waals surface area contributed by atoms with Gasteiger partial charge in [-0.15, -0.1) is 12.4 Å². The van der Waals surface area contributed by atoms with Crippen molar-refractivity contribution in [3.05, 3.63) is 29.3 Å². The summed E-state index contributed by atoms with van der Waals surface area (Å²) in [5.41, 5.74) is 8.78. The first-order valence-corrected chi connectivity index (χ1v) is 7.04. The Bertz CT molecular complexity index is 368. The minimum Gasteiger partial charge on any atom is -0.496 e. The molecular weight excluding hydrogens is 258 g/mol. The maximum Gasteiger partial charge on any atom is 0.122 e. The molecule has 0 heterocycles. The zero-order valence-electron chi connectivity index (χ0n) is 12.6. The molecule has 0 saturated heterocycles. The summed E-state index contributed by atoms with van der Waals surface area (Å²) in [6.07, 6.45) is 4.26. The molecule has 3 heteroatoms. The molecule has 0 aliphatic heterocycles. The monoisotopic (exact) mass is 285 g/mol. The summed E-state index contributed by atoms with van der Waals surface area (Å²) in [5, 5.41) is 0. The maximum absolute atomic E-state index is 6.14. The van der Waals surface area contributed by atoms with E-state index in [9.17, 15) is 0 Å². The molecule has 0 amide bonds. The number of nitrogens with two attached hydrogens (primary N) is 1. The molecule has 0 aliphatic rings. The second kappa shape index (κ2) is 9.22. The molecule has 1 aromatic rings. The molecule has 0 fully saturated rings. The van der Waals surface area contributed by atoms with Crippen molar-refractivity contribution in [1.29, 1.82) is 0 Å². The molecule has 0 aromatic heterocycles. The van der Waals surface area contributed by atoms with E-state index in [1.165, 1.54) is 11.1 Å². The highest BCUT2D eigenvalue weighted by molar-refractivity contribution is 5.85. The van der Waals surface area contributed by atoms with Crippen molar-refractivity contribution in [2.24, 2.45) is 5.73 Å². The highest BCUT2D eigenvalue weighted by Gasteiger charge is 2.11. The fourth-order valence-corrected chi connectivity index (χ4v) is 2.26. The molecule has 1 rings (SSSR count). The Hall–Kier alpha value is -0.730. The molecule has 2 unspecified atom stereocenters. The molecule has 0 saturated carbocycles. The first-order chi connectivity index (χ1) is 8.62. The molecule has 110 valence electrons. The van der Waals surface area contributed by atoms with Crippen molar-refractivity contribution < 1.29 is 4.74 Å². The van der Waals surface area contributed by atoms with Gasteiger partial charge in [0.15, 0.2) is 0 Å². The van der Waals surface area contributed by atoms with Gasteiger partial charge in [-0.1, -0.05) is 39.3 Å². The molecule has 0 spiro atoms. The normalized spacial score (nSPS) is 13.5. The number of methoxy groups -OCH3 is 1. The lowest BCUT2D eigenvalue weighted by atomic mass is 9.93. The van der Waals surface area contributed by atoms with Crippen LogP contribution in [0.15, 0.2) is 18.2 Å². The van der Waals surface area contributed by atoms with Gasteiger partial charge in [-0.2, -0.15) is 0 Å². The molecule has 2 N–H and O–H groups in total. The number of rotatable bonds is 7. The van der Waals surface area contributed by atoms with E-state index in [0.29, 0.717) is 5.92 Å². The van der Waals surface area contributed by atoms with E-state index >= 15 is 0 Å². The van der Waals surface area contributed by atoms with E-state index in [-0.39, 0.29) is 18.4 Å². The summed E-state index contributed by atoms with van der Waals surface area (Å²) >= 11 is 0. The molecule has 19 heavy (non-hydrogen) atoms. The number of hydrogen-bond acceptors (Lipinski definition) is 2. The topological polar surface area (TPSA) is 35.2 Å². The van der Waals surface area contributed by atoms with Gasteiger partial charge in [0.2, 0.25) is 0 Å². The maximum atomic E-state index is 6.14. The smallest absolute Gasteiger partial charge is 0.122 e. The number of halogens is 1. The van der Waals surface area contributed by atoms with Crippen LogP contribution >= 0.6 is 12.4 Å². The Morgan fingerprint density at radius 2 is 1.95 bits per heavy atom. The third kappa shape index (κ3) is 5.42. The van der Waals surface area contributed by atoms with E-state index in [1.807, 2.05) is 0 Å². The first kappa shape index (κ1) is 18.3. The van der Waals surface area contributed by atoms with E-state index in [1.54, 1.807) is 7.11 Å². The highest BCUT2D eigenvalue weighted by Crippen LogP contribution is 2.27. The lowest BCUT2D eigenvalue weighted by Crippen LogP contribution is -2.22. The Balaban J connectivity index is 0.00000324. The Labute approximate surface area is 124 Å². The standard InChI is InChI=1S/C16H27NO.ClH/c1-5-7-15(17)11-14-10-13(12(3)6-2)8-9-16(14)18-4;/h8-10,12,15H,5-7,11,17H2,1-4H3;1H. The summed E-state index contributed by atoms with van der Waals surface area (Å²) in [7, 11) is 1.73.